The normalized spacial score (nSPS) is 19.2. The molecule has 1 fully saturated rings. The number of primary amides is 1. The number of halogens is 3. The van der Waals surface area contributed by atoms with Gasteiger partial charge in [0.2, 0.25) is 0 Å². The van der Waals surface area contributed by atoms with E-state index in [9.17, 15) is 18.0 Å². The third-order valence-electron chi connectivity index (χ3n) is 4.42. The Bertz CT molecular complexity index is 1000. The number of amides is 1. The Hall–Kier alpha value is -3.10. The molecule has 6 nitrogen and oxygen atoms in total. The minimum atomic E-state index is -2.95. The van der Waals surface area contributed by atoms with Crippen molar-refractivity contribution in [3.8, 4) is 0 Å². The van der Waals surface area contributed by atoms with Crippen molar-refractivity contribution in [3.63, 3.8) is 0 Å². The van der Waals surface area contributed by atoms with Crippen LogP contribution in [-0.2, 0) is 0 Å². The molecule has 1 aliphatic rings. The first-order valence-electron chi connectivity index (χ1n) is 7.88. The fraction of sp³-hybridized carbons (Fsp3) is 0.235. The fourth-order valence-electron chi connectivity index (χ4n) is 3.26. The molecule has 0 radical (unpaired) electrons. The largest absolute Gasteiger partial charge is 0.365 e. The van der Waals surface area contributed by atoms with E-state index in [4.69, 9.17) is 5.73 Å². The Morgan fingerprint density at radius 3 is 2.85 bits per heavy atom. The van der Waals surface area contributed by atoms with Crippen LogP contribution < -0.4 is 10.6 Å². The maximum atomic E-state index is 14.1. The molecule has 4 rings (SSSR count). The zero-order chi connectivity index (χ0) is 18.5. The van der Waals surface area contributed by atoms with Gasteiger partial charge in [-0.15, -0.1) is 0 Å². The summed E-state index contributed by atoms with van der Waals surface area (Å²) in [7, 11) is 0. The standard InChI is InChI=1S/C17H14F3N5O/c18-11-3-1-2-10(6-11)13-7-17(19,20)9-24(13)14-4-5-25-16(23-14)12(8-22-25)15(21)26/h1-6,8,13H,7,9H2,(H2,21,26)/t13-/m0/s1. The van der Waals surface area contributed by atoms with Crippen molar-refractivity contribution in [2.24, 2.45) is 5.73 Å². The first-order chi connectivity index (χ1) is 12.3. The Kier molecular flexibility index (Phi) is 3.60. The van der Waals surface area contributed by atoms with Gasteiger partial charge in [-0.2, -0.15) is 5.10 Å². The van der Waals surface area contributed by atoms with Crippen LogP contribution in [0.4, 0.5) is 19.0 Å². The van der Waals surface area contributed by atoms with E-state index < -0.39 is 36.7 Å². The summed E-state index contributed by atoms with van der Waals surface area (Å²) in [4.78, 5) is 17.2. The second-order valence-electron chi connectivity index (χ2n) is 6.24. The van der Waals surface area contributed by atoms with E-state index in [1.54, 1.807) is 6.07 Å². The smallest absolute Gasteiger partial charge is 0.267 e. The van der Waals surface area contributed by atoms with Gasteiger partial charge in [0.1, 0.15) is 17.2 Å². The Morgan fingerprint density at radius 1 is 1.31 bits per heavy atom. The fourth-order valence-corrected chi connectivity index (χ4v) is 3.26. The molecule has 134 valence electrons. The van der Waals surface area contributed by atoms with Crippen LogP contribution in [0.5, 0.6) is 0 Å². The van der Waals surface area contributed by atoms with Crippen LogP contribution in [0.2, 0.25) is 0 Å². The lowest BCUT2D eigenvalue weighted by Crippen LogP contribution is -2.27. The molecule has 2 N–H and O–H groups in total. The number of nitrogens with zero attached hydrogens (tertiary/aromatic N) is 4. The predicted octanol–water partition coefficient (Wildman–Crippen LogP) is 2.55. The van der Waals surface area contributed by atoms with Crippen molar-refractivity contribution in [3.05, 3.63) is 59.7 Å². The number of alkyl halides is 2. The van der Waals surface area contributed by atoms with Crippen molar-refractivity contribution < 1.29 is 18.0 Å². The number of anilines is 1. The first kappa shape index (κ1) is 16.4. The van der Waals surface area contributed by atoms with Gasteiger partial charge >= 0.3 is 0 Å². The summed E-state index contributed by atoms with van der Waals surface area (Å²) < 4.78 is 43.2. The highest BCUT2D eigenvalue weighted by molar-refractivity contribution is 5.98. The summed E-state index contributed by atoms with van der Waals surface area (Å²) in [6.07, 6.45) is 2.34. The summed E-state index contributed by atoms with van der Waals surface area (Å²) in [5.74, 6) is -3.91. The quantitative estimate of drug-likeness (QED) is 0.778. The van der Waals surface area contributed by atoms with Crippen LogP contribution >= 0.6 is 0 Å². The third-order valence-corrected chi connectivity index (χ3v) is 4.42. The number of fused-ring (bicyclic) bond motifs is 1. The van der Waals surface area contributed by atoms with Gasteiger partial charge in [-0.1, -0.05) is 12.1 Å². The van der Waals surface area contributed by atoms with Crippen LogP contribution in [0.25, 0.3) is 5.65 Å². The molecule has 0 unspecified atom stereocenters. The van der Waals surface area contributed by atoms with E-state index in [0.717, 1.165) is 0 Å². The van der Waals surface area contributed by atoms with Gasteiger partial charge < -0.3 is 10.6 Å². The maximum absolute atomic E-state index is 14.1. The van der Waals surface area contributed by atoms with Crippen molar-refractivity contribution in [1.82, 2.24) is 14.6 Å². The lowest BCUT2D eigenvalue weighted by atomic mass is 10.0. The highest BCUT2D eigenvalue weighted by Crippen LogP contribution is 2.43. The topological polar surface area (TPSA) is 76.5 Å². The molecule has 3 aromatic rings. The Morgan fingerprint density at radius 2 is 2.12 bits per heavy atom. The molecule has 26 heavy (non-hydrogen) atoms. The molecule has 0 saturated carbocycles. The highest BCUT2D eigenvalue weighted by atomic mass is 19.3. The molecule has 0 aliphatic carbocycles. The number of carbonyl (C=O) groups excluding carboxylic acids is 1. The summed E-state index contributed by atoms with van der Waals surface area (Å²) in [6.45, 7) is -0.558. The van der Waals surface area contributed by atoms with E-state index in [2.05, 4.69) is 10.1 Å². The van der Waals surface area contributed by atoms with Crippen LogP contribution in [0.1, 0.15) is 28.4 Å². The summed E-state index contributed by atoms with van der Waals surface area (Å²) >= 11 is 0. The molecule has 1 aliphatic heterocycles. The lowest BCUT2D eigenvalue weighted by Gasteiger charge is -2.25. The van der Waals surface area contributed by atoms with Gasteiger partial charge in [0.05, 0.1) is 18.8 Å². The number of hydrogen-bond donors (Lipinski definition) is 1. The average molecular weight is 361 g/mol. The van der Waals surface area contributed by atoms with Crippen LogP contribution in [0.3, 0.4) is 0 Å². The van der Waals surface area contributed by atoms with Crippen LogP contribution in [0, 0.1) is 5.82 Å². The molecule has 1 saturated heterocycles. The lowest BCUT2D eigenvalue weighted by molar-refractivity contribution is 0.0222. The SMILES string of the molecule is NC(=O)c1cnn2ccc(N3CC(F)(F)C[C@H]3c3cccc(F)c3)nc12. The molecule has 1 aromatic carbocycles. The molecule has 1 amide bonds. The average Bonchev–Trinajstić information content (AvgIpc) is 3.14. The van der Waals surface area contributed by atoms with Gasteiger partial charge in [-0.25, -0.2) is 22.7 Å². The summed E-state index contributed by atoms with van der Waals surface area (Å²) in [6, 6.07) is 6.38. The third kappa shape index (κ3) is 2.75. The molecule has 1 atom stereocenters. The molecule has 9 heteroatoms. The van der Waals surface area contributed by atoms with Crippen LogP contribution in [0.15, 0.2) is 42.7 Å². The number of hydrogen-bond acceptors (Lipinski definition) is 4. The minimum Gasteiger partial charge on any atom is -0.365 e. The monoisotopic (exact) mass is 361 g/mol. The molecular weight excluding hydrogens is 347 g/mol. The first-order valence-corrected chi connectivity index (χ1v) is 7.88. The van der Waals surface area contributed by atoms with Gasteiger partial charge in [0, 0.05) is 12.6 Å². The Balaban J connectivity index is 1.80. The second kappa shape index (κ2) is 5.72. The van der Waals surface area contributed by atoms with Crippen molar-refractivity contribution in [2.45, 2.75) is 18.4 Å². The molecule has 0 spiro atoms. The molecule has 0 bridgehead atoms. The number of carbonyl (C=O) groups is 1. The van der Waals surface area contributed by atoms with E-state index in [0.29, 0.717) is 5.56 Å². The van der Waals surface area contributed by atoms with E-state index >= 15 is 0 Å². The second-order valence-corrected chi connectivity index (χ2v) is 6.24. The molecule has 2 aromatic heterocycles. The van der Waals surface area contributed by atoms with Crippen molar-refractivity contribution >= 4 is 17.4 Å². The molecule has 3 heterocycles. The highest BCUT2D eigenvalue weighted by Gasteiger charge is 2.46. The zero-order valence-electron chi connectivity index (χ0n) is 13.4. The summed E-state index contributed by atoms with van der Waals surface area (Å²) in [5.41, 5.74) is 6.02. The van der Waals surface area contributed by atoms with E-state index in [-0.39, 0.29) is 17.0 Å². The number of benzene rings is 1. The number of nitrogens with two attached hydrogens (primary N) is 1. The van der Waals surface area contributed by atoms with Gasteiger partial charge in [0.15, 0.2) is 5.65 Å². The predicted molar refractivity (Wildman–Crippen MR) is 87.6 cm³/mol. The van der Waals surface area contributed by atoms with E-state index in [1.807, 2.05) is 0 Å². The van der Waals surface area contributed by atoms with Gasteiger partial charge in [-0.3, -0.25) is 4.79 Å². The van der Waals surface area contributed by atoms with Gasteiger partial charge in [0.25, 0.3) is 11.8 Å². The van der Waals surface area contributed by atoms with Crippen LogP contribution in [-0.4, -0.2) is 33.0 Å². The number of rotatable bonds is 3. The zero-order valence-corrected chi connectivity index (χ0v) is 13.4. The maximum Gasteiger partial charge on any atom is 0.267 e. The van der Waals surface area contributed by atoms with Crippen molar-refractivity contribution in [1.29, 1.82) is 0 Å². The van der Waals surface area contributed by atoms with Crippen molar-refractivity contribution in [2.75, 3.05) is 11.4 Å². The number of aromatic nitrogens is 3. The van der Waals surface area contributed by atoms with E-state index in [1.165, 1.54) is 46.1 Å². The minimum absolute atomic E-state index is 0.0973. The molecular formula is C17H14F3N5O. The van der Waals surface area contributed by atoms with Gasteiger partial charge in [-0.05, 0) is 23.8 Å². The summed E-state index contributed by atoms with van der Waals surface area (Å²) in [5, 5.41) is 3.96. The Labute approximate surface area is 146 Å².